The van der Waals surface area contributed by atoms with Crippen LogP contribution in [0.4, 0.5) is 21.0 Å². The van der Waals surface area contributed by atoms with E-state index >= 15 is 0 Å². The molecule has 29 heavy (non-hydrogen) atoms. The van der Waals surface area contributed by atoms with Crippen LogP contribution in [0.1, 0.15) is 0 Å². The van der Waals surface area contributed by atoms with E-state index in [1.807, 2.05) is 0 Å². The zero-order chi connectivity index (χ0) is 22.5. The van der Waals surface area contributed by atoms with Crippen molar-refractivity contribution in [3.63, 3.8) is 0 Å². The van der Waals surface area contributed by atoms with E-state index in [1.165, 1.54) is 0 Å². The smallest absolute Gasteiger partial charge is 0.786 e. The van der Waals surface area contributed by atoms with Gasteiger partial charge in [0, 0.05) is 0 Å². The van der Waals surface area contributed by atoms with Crippen LogP contribution in [0.5, 0.6) is 0 Å². The van der Waals surface area contributed by atoms with E-state index in [0.29, 0.717) is 0 Å². The first kappa shape index (κ1) is 58.1. The van der Waals surface area contributed by atoms with Crippen molar-refractivity contribution in [2.45, 2.75) is 0 Å². The fourth-order valence-corrected chi connectivity index (χ4v) is 0. The quantitative estimate of drug-likeness (QED) is 0.143. The topological polar surface area (TPSA) is 316 Å². The first-order valence-corrected chi connectivity index (χ1v) is 10.8. The van der Waals surface area contributed by atoms with Gasteiger partial charge in [-0.05, 0) is 0 Å². The molecule has 0 amide bonds. The van der Waals surface area contributed by atoms with Crippen molar-refractivity contribution in [1.29, 1.82) is 0 Å². The van der Waals surface area contributed by atoms with Crippen LogP contribution in [0.25, 0.3) is 0 Å². The number of rotatable bonds is 0. The second-order valence-electron chi connectivity index (χ2n) is 2.15. The third-order valence-electron chi connectivity index (χ3n) is 0. The van der Waals surface area contributed by atoms with E-state index in [9.17, 15) is 21.0 Å². The summed E-state index contributed by atoms with van der Waals surface area (Å²) in [5, 5.41) is 0. The van der Waals surface area contributed by atoms with Gasteiger partial charge in [0.25, 0.3) is 0 Å². The van der Waals surface area contributed by atoms with Gasteiger partial charge in [0.05, 0.1) is 0 Å². The van der Waals surface area contributed by atoms with Gasteiger partial charge < -0.3 is 71.8 Å². The molecular formula is Al2F5Mg2O15P5. The zero-order valence-corrected chi connectivity index (χ0v) is 22.4. The largest absolute Gasteiger partial charge is 3.00 e. The molecule has 0 spiro atoms. The summed E-state index contributed by atoms with van der Waals surface area (Å²) < 4.78 is 92.8. The fourth-order valence-electron chi connectivity index (χ4n) is 0. The summed E-state index contributed by atoms with van der Waals surface area (Å²) in [4.78, 5) is 84.4. The third kappa shape index (κ3) is 2900. The second-order valence-corrected chi connectivity index (χ2v) is 6.46. The summed E-state index contributed by atoms with van der Waals surface area (Å²) in [7, 11) is -28.2. The third-order valence-corrected chi connectivity index (χ3v) is 0. The molecule has 0 aliphatic rings. The van der Waals surface area contributed by atoms with Gasteiger partial charge in [0.2, 0.25) is 0 Å². The predicted octanol–water partition coefficient (Wildman–Crippen LogP) is -7.60. The molecule has 0 rings (SSSR count). The van der Waals surface area contributed by atoms with Gasteiger partial charge in [0.15, 0.2) is 0 Å². The molecule has 0 bridgehead atoms. The molecule has 0 aromatic carbocycles. The Kier molecular flexibility index (Phi) is 51.4. The van der Waals surface area contributed by atoms with Crippen LogP contribution in [0.3, 0.4) is 0 Å². The summed E-state index contributed by atoms with van der Waals surface area (Å²) >= 11 is 0. The van der Waals surface area contributed by atoms with Gasteiger partial charge >= 0.3 is 80.8 Å². The maximum absolute atomic E-state index is 10.1. The second kappa shape index (κ2) is 25.6. The maximum atomic E-state index is 10.1. The Labute approximate surface area is 211 Å². The number of hydrogen-bond donors (Lipinski definition) is 0. The van der Waals surface area contributed by atoms with E-state index in [1.54, 1.807) is 0 Å². The molecule has 0 atom stereocenters. The Balaban J connectivity index is -0.0000000238. The molecule has 0 aromatic rings. The Morgan fingerprint density at radius 2 is 0.345 bits per heavy atom. The Bertz CT molecular complexity index is 402. The average molecular weight is 592 g/mol. The zero-order valence-electron chi connectivity index (χ0n) is 12.8. The minimum atomic E-state index is -5.64. The minimum absolute atomic E-state index is 0. The molecule has 0 saturated heterocycles. The molecule has 0 unspecified atom stereocenters. The normalized spacial score (nSPS) is 10.2. The van der Waals surface area contributed by atoms with Crippen molar-refractivity contribution in [3.8, 4) is 0 Å². The number of hydrogen-bond acceptors (Lipinski definition) is 15. The molecule has 0 aromatic heterocycles. The SMILES string of the molecule is O=P([O-])([O-])F.O=P([O-])([O-])F.O=P([O-])([O-])F.O=P([O-])([O-])F.O=P([O-])([O-])F.[Al+3].[Al+3].[Mg+2].[Mg+2]. The van der Waals surface area contributed by atoms with Crippen molar-refractivity contribution in [1.82, 2.24) is 0 Å². The average Bonchev–Trinajstić information content (AvgIpc) is 1.79. The summed E-state index contributed by atoms with van der Waals surface area (Å²) in [6.45, 7) is 0. The summed E-state index contributed by atoms with van der Waals surface area (Å²) in [5.74, 6) is 0. The molecule has 29 heteroatoms. The summed E-state index contributed by atoms with van der Waals surface area (Å²) in [6, 6.07) is 0. The Hall–Kier alpha value is 3.00. The predicted molar refractivity (Wildman–Crippen MR) is 66.6 cm³/mol. The molecule has 15 nitrogen and oxygen atoms in total. The van der Waals surface area contributed by atoms with Crippen LogP contribution in [0.2, 0.25) is 0 Å². The van der Waals surface area contributed by atoms with Crippen LogP contribution >= 0.6 is 39.5 Å². The van der Waals surface area contributed by atoms with Gasteiger partial charge in [-0.2, -0.15) is 0 Å². The van der Waals surface area contributed by atoms with Gasteiger partial charge in [-0.3, -0.25) is 0 Å². The van der Waals surface area contributed by atoms with E-state index in [2.05, 4.69) is 0 Å². The van der Waals surface area contributed by atoms with Crippen molar-refractivity contribution in [2.75, 3.05) is 0 Å². The Morgan fingerprint density at radius 1 is 0.345 bits per heavy atom. The van der Waals surface area contributed by atoms with E-state index in [0.717, 1.165) is 0 Å². The molecule has 0 aliphatic carbocycles. The number of halogens is 5. The van der Waals surface area contributed by atoms with E-state index < -0.39 is 39.5 Å². The minimum Gasteiger partial charge on any atom is -0.786 e. The molecule has 0 radical (unpaired) electrons. The molecule has 160 valence electrons. The standard InChI is InChI=1S/2Al.5FH2O3P.2Mg/c;;5*1-5(2,3)4;;/h;;5*(H2,2,3,4);;/q2*+3;;;;;;2*+2/p-10. The van der Waals surface area contributed by atoms with Crippen LogP contribution in [-0.4, -0.2) is 80.8 Å². The summed E-state index contributed by atoms with van der Waals surface area (Å²) in [6.07, 6.45) is 0. The first-order valence-electron chi connectivity index (χ1n) is 3.58. The molecule has 0 aliphatic heterocycles. The summed E-state index contributed by atoms with van der Waals surface area (Å²) in [5.41, 5.74) is 0. The fraction of sp³-hybridized carbons (Fsp3) is 0. The van der Waals surface area contributed by atoms with Crippen LogP contribution in [0, 0.1) is 0 Å². The van der Waals surface area contributed by atoms with Crippen molar-refractivity contribution >= 4 is 120 Å². The monoisotopic (exact) mass is 592 g/mol. The van der Waals surface area contributed by atoms with Crippen LogP contribution < -0.4 is 48.9 Å². The molecule has 0 heterocycles. The Morgan fingerprint density at radius 3 is 0.345 bits per heavy atom. The van der Waals surface area contributed by atoms with Crippen molar-refractivity contribution < 1.29 is 92.7 Å². The van der Waals surface area contributed by atoms with Gasteiger partial charge in [-0.25, -0.2) is 21.0 Å². The van der Waals surface area contributed by atoms with Crippen LogP contribution in [0.15, 0.2) is 0 Å². The molecule has 0 saturated carbocycles. The van der Waals surface area contributed by atoms with Crippen LogP contribution in [-0.2, 0) is 22.8 Å². The van der Waals surface area contributed by atoms with Gasteiger partial charge in [0.1, 0.15) is 39.5 Å². The molecule has 0 fully saturated rings. The van der Waals surface area contributed by atoms with Gasteiger partial charge in [-0.1, -0.05) is 0 Å². The molecular weight excluding hydrogens is 592 g/mol. The van der Waals surface area contributed by atoms with Gasteiger partial charge in [-0.15, -0.1) is 0 Å². The van der Waals surface area contributed by atoms with Crippen molar-refractivity contribution in [3.05, 3.63) is 0 Å². The molecule has 0 N–H and O–H groups in total. The maximum Gasteiger partial charge on any atom is 3.00 e. The van der Waals surface area contributed by atoms with E-state index in [-0.39, 0.29) is 80.8 Å². The van der Waals surface area contributed by atoms with Crippen molar-refractivity contribution in [2.24, 2.45) is 0 Å². The first-order chi connectivity index (χ1) is 10.0. The van der Waals surface area contributed by atoms with E-state index in [4.69, 9.17) is 71.8 Å².